The number of amides is 1. The second kappa shape index (κ2) is 6.61. The molecule has 2 aliphatic rings. The van der Waals surface area contributed by atoms with Gasteiger partial charge >= 0.3 is 0 Å². The lowest BCUT2D eigenvalue weighted by Crippen LogP contribution is -2.40. The quantitative estimate of drug-likeness (QED) is 0.870. The van der Waals surface area contributed by atoms with Crippen LogP contribution in [0.4, 0.5) is 5.69 Å². The first-order valence-electron chi connectivity index (χ1n) is 8.41. The van der Waals surface area contributed by atoms with Crippen LogP contribution in [0.5, 0.6) is 0 Å². The Labute approximate surface area is 131 Å². The number of hydrogen-bond acceptors (Lipinski definition) is 3. The van der Waals surface area contributed by atoms with Crippen LogP contribution in [0.15, 0.2) is 18.2 Å². The summed E-state index contributed by atoms with van der Waals surface area (Å²) in [4.78, 5) is 26.6. The topological polar surface area (TPSA) is 49.4 Å². The number of rotatable bonds is 4. The highest BCUT2D eigenvalue weighted by Gasteiger charge is 2.27. The van der Waals surface area contributed by atoms with Crippen molar-refractivity contribution in [3.05, 3.63) is 29.3 Å². The molecule has 1 aromatic rings. The summed E-state index contributed by atoms with van der Waals surface area (Å²) in [6, 6.07) is 5.79. The number of fused-ring (bicyclic) bond motifs is 1. The summed E-state index contributed by atoms with van der Waals surface area (Å²) >= 11 is 0. The van der Waals surface area contributed by atoms with Gasteiger partial charge in [0.2, 0.25) is 5.91 Å². The van der Waals surface area contributed by atoms with Crippen LogP contribution < -0.4 is 10.2 Å². The maximum atomic E-state index is 12.6. The van der Waals surface area contributed by atoms with E-state index in [-0.39, 0.29) is 17.7 Å². The molecule has 1 unspecified atom stereocenters. The van der Waals surface area contributed by atoms with Crippen molar-refractivity contribution in [3.63, 3.8) is 0 Å². The lowest BCUT2D eigenvalue weighted by Gasteiger charge is -2.22. The number of ketones is 1. The highest BCUT2D eigenvalue weighted by Crippen LogP contribution is 2.30. The van der Waals surface area contributed by atoms with Crippen LogP contribution in [0, 0.1) is 0 Å². The minimum Gasteiger partial charge on any atom is -0.312 e. The van der Waals surface area contributed by atoms with E-state index in [0.29, 0.717) is 6.42 Å². The molecule has 1 aromatic carbocycles. The van der Waals surface area contributed by atoms with E-state index in [0.717, 1.165) is 62.0 Å². The molecule has 0 spiro atoms. The summed E-state index contributed by atoms with van der Waals surface area (Å²) in [5, 5.41) is 3.31. The molecular formula is C18H24N2O2. The van der Waals surface area contributed by atoms with E-state index in [1.165, 1.54) is 0 Å². The SMILES string of the molecule is CCCC(=O)N1CCc2cc(C(=O)C3CCCCN3)ccc21. The zero-order valence-electron chi connectivity index (χ0n) is 13.2. The molecule has 118 valence electrons. The fourth-order valence-electron chi connectivity index (χ4n) is 3.44. The number of benzene rings is 1. The summed E-state index contributed by atoms with van der Waals surface area (Å²) < 4.78 is 0. The first-order chi connectivity index (χ1) is 10.7. The van der Waals surface area contributed by atoms with E-state index in [1.807, 2.05) is 30.0 Å². The van der Waals surface area contributed by atoms with Crippen LogP contribution >= 0.6 is 0 Å². The molecule has 0 aromatic heterocycles. The van der Waals surface area contributed by atoms with Crippen LogP contribution in [-0.4, -0.2) is 30.8 Å². The zero-order valence-corrected chi connectivity index (χ0v) is 13.2. The lowest BCUT2D eigenvalue weighted by atomic mass is 9.95. The largest absolute Gasteiger partial charge is 0.312 e. The Kier molecular flexibility index (Phi) is 4.57. The Hall–Kier alpha value is -1.68. The maximum Gasteiger partial charge on any atom is 0.226 e. The van der Waals surface area contributed by atoms with E-state index < -0.39 is 0 Å². The molecule has 4 heteroatoms. The Morgan fingerprint density at radius 2 is 2.18 bits per heavy atom. The zero-order chi connectivity index (χ0) is 15.5. The van der Waals surface area contributed by atoms with E-state index in [2.05, 4.69) is 5.32 Å². The predicted molar refractivity (Wildman–Crippen MR) is 87.4 cm³/mol. The molecule has 2 heterocycles. The summed E-state index contributed by atoms with van der Waals surface area (Å²) in [6.45, 7) is 3.70. The first-order valence-corrected chi connectivity index (χ1v) is 8.41. The van der Waals surface area contributed by atoms with Gasteiger partial charge in [-0.3, -0.25) is 9.59 Å². The lowest BCUT2D eigenvalue weighted by molar-refractivity contribution is -0.118. The van der Waals surface area contributed by atoms with Crippen LogP contribution in [-0.2, 0) is 11.2 Å². The Bertz CT molecular complexity index is 576. The van der Waals surface area contributed by atoms with Crippen molar-refractivity contribution in [2.45, 2.75) is 51.5 Å². The molecular weight excluding hydrogens is 276 g/mol. The van der Waals surface area contributed by atoms with Gasteiger partial charge in [-0.25, -0.2) is 0 Å². The maximum absolute atomic E-state index is 12.6. The van der Waals surface area contributed by atoms with Gasteiger partial charge in [0.1, 0.15) is 0 Å². The highest BCUT2D eigenvalue weighted by molar-refractivity contribution is 6.02. The van der Waals surface area contributed by atoms with Gasteiger partial charge in [0.05, 0.1) is 6.04 Å². The smallest absolute Gasteiger partial charge is 0.226 e. The number of anilines is 1. The summed E-state index contributed by atoms with van der Waals surface area (Å²) in [7, 11) is 0. The van der Waals surface area contributed by atoms with Gasteiger partial charge in [-0.2, -0.15) is 0 Å². The minimum absolute atomic E-state index is 0.0361. The average Bonchev–Trinajstić information content (AvgIpc) is 2.98. The minimum atomic E-state index is -0.0361. The van der Waals surface area contributed by atoms with E-state index >= 15 is 0 Å². The standard InChI is InChI=1S/C18H24N2O2/c1-2-5-17(21)20-11-9-13-12-14(7-8-16(13)20)18(22)15-6-3-4-10-19-15/h7-8,12,15,19H,2-6,9-11H2,1H3. The second-order valence-corrected chi connectivity index (χ2v) is 6.26. The average molecular weight is 300 g/mol. The van der Waals surface area contributed by atoms with Crippen LogP contribution in [0.2, 0.25) is 0 Å². The number of carbonyl (C=O) groups is 2. The Balaban J connectivity index is 1.77. The molecule has 0 radical (unpaired) electrons. The molecule has 1 saturated heterocycles. The number of nitrogens with one attached hydrogen (secondary N) is 1. The number of piperidine rings is 1. The third-order valence-corrected chi connectivity index (χ3v) is 4.65. The van der Waals surface area contributed by atoms with Gasteiger partial charge in [0.15, 0.2) is 5.78 Å². The number of hydrogen-bond donors (Lipinski definition) is 1. The van der Waals surface area contributed by atoms with Gasteiger partial charge in [0, 0.05) is 24.2 Å². The number of carbonyl (C=O) groups excluding carboxylic acids is 2. The molecule has 4 nitrogen and oxygen atoms in total. The van der Waals surface area contributed by atoms with E-state index in [4.69, 9.17) is 0 Å². The van der Waals surface area contributed by atoms with Crippen molar-refractivity contribution in [1.82, 2.24) is 5.32 Å². The molecule has 1 atom stereocenters. The van der Waals surface area contributed by atoms with Crippen molar-refractivity contribution in [1.29, 1.82) is 0 Å². The van der Waals surface area contributed by atoms with Crippen molar-refractivity contribution in [2.24, 2.45) is 0 Å². The van der Waals surface area contributed by atoms with Gasteiger partial charge in [0.25, 0.3) is 0 Å². The van der Waals surface area contributed by atoms with Crippen molar-refractivity contribution in [2.75, 3.05) is 18.0 Å². The monoisotopic (exact) mass is 300 g/mol. The van der Waals surface area contributed by atoms with Gasteiger partial charge in [-0.05, 0) is 56.0 Å². The summed E-state index contributed by atoms with van der Waals surface area (Å²) in [6.07, 6.45) is 5.51. The third kappa shape index (κ3) is 2.93. The molecule has 1 N–H and O–H groups in total. The molecule has 2 aliphatic heterocycles. The molecule has 0 saturated carbocycles. The molecule has 0 aliphatic carbocycles. The molecule has 22 heavy (non-hydrogen) atoms. The normalized spacial score (nSPS) is 20.8. The molecule has 3 rings (SSSR count). The van der Waals surface area contributed by atoms with Crippen molar-refractivity contribution < 1.29 is 9.59 Å². The van der Waals surface area contributed by atoms with Crippen molar-refractivity contribution >= 4 is 17.4 Å². The first kappa shape index (κ1) is 15.2. The Morgan fingerprint density at radius 1 is 1.32 bits per heavy atom. The highest BCUT2D eigenvalue weighted by atomic mass is 16.2. The van der Waals surface area contributed by atoms with Gasteiger partial charge in [-0.1, -0.05) is 13.3 Å². The fraction of sp³-hybridized carbons (Fsp3) is 0.556. The summed E-state index contributed by atoms with van der Waals surface area (Å²) in [5.74, 6) is 0.384. The van der Waals surface area contributed by atoms with Gasteiger partial charge < -0.3 is 10.2 Å². The number of Topliss-reactive ketones (excluding diaryl/α,β-unsaturated/α-hetero) is 1. The Morgan fingerprint density at radius 3 is 2.91 bits per heavy atom. The summed E-state index contributed by atoms with van der Waals surface area (Å²) in [5.41, 5.74) is 2.90. The van der Waals surface area contributed by atoms with Crippen LogP contribution in [0.1, 0.15) is 54.9 Å². The molecule has 1 amide bonds. The second-order valence-electron chi connectivity index (χ2n) is 6.26. The molecule has 1 fully saturated rings. The number of nitrogens with zero attached hydrogens (tertiary/aromatic N) is 1. The van der Waals surface area contributed by atoms with Crippen LogP contribution in [0.25, 0.3) is 0 Å². The predicted octanol–water partition coefficient (Wildman–Crippen LogP) is 2.70. The third-order valence-electron chi connectivity index (χ3n) is 4.65. The van der Waals surface area contributed by atoms with E-state index in [1.54, 1.807) is 0 Å². The van der Waals surface area contributed by atoms with E-state index in [9.17, 15) is 9.59 Å². The molecule has 0 bridgehead atoms. The van der Waals surface area contributed by atoms with Crippen LogP contribution in [0.3, 0.4) is 0 Å². The fourth-order valence-corrected chi connectivity index (χ4v) is 3.44. The van der Waals surface area contributed by atoms with Gasteiger partial charge in [-0.15, -0.1) is 0 Å². The van der Waals surface area contributed by atoms with Crippen molar-refractivity contribution in [3.8, 4) is 0 Å².